The van der Waals surface area contributed by atoms with Crippen LogP contribution in [0.25, 0.3) is 22.2 Å². The number of hydrogen-bond donors (Lipinski definition) is 1. The zero-order chi connectivity index (χ0) is 22.1. The van der Waals surface area contributed by atoms with Crippen molar-refractivity contribution in [2.75, 3.05) is 6.61 Å². The molecule has 5 rings (SSSR count). The number of fused-ring (bicyclic) bond motifs is 2. The summed E-state index contributed by atoms with van der Waals surface area (Å²) < 4.78 is 20.0. The Labute approximate surface area is 184 Å². The SMILES string of the molecule is C[C@@]1(F)COCc2ncc(C(=O)NCc3cc4nc(-c5ccccc5)ccc4cn3)cc21. The molecule has 32 heavy (non-hydrogen) atoms. The first kappa shape index (κ1) is 20.2. The maximum absolute atomic E-state index is 14.7. The van der Waals surface area contributed by atoms with E-state index in [0.717, 1.165) is 22.2 Å². The van der Waals surface area contributed by atoms with Crippen molar-refractivity contribution in [3.63, 3.8) is 0 Å². The van der Waals surface area contributed by atoms with Crippen molar-refractivity contribution in [3.8, 4) is 11.3 Å². The minimum absolute atomic E-state index is 0.0499. The number of pyridine rings is 3. The molecule has 160 valence electrons. The van der Waals surface area contributed by atoms with Gasteiger partial charge in [-0.15, -0.1) is 0 Å². The van der Waals surface area contributed by atoms with Gasteiger partial charge >= 0.3 is 0 Å². The van der Waals surface area contributed by atoms with Gasteiger partial charge in [-0.1, -0.05) is 30.3 Å². The number of benzene rings is 1. The Kier molecular flexibility index (Phi) is 5.11. The summed E-state index contributed by atoms with van der Waals surface area (Å²) in [5.41, 5.74) is 2.95. The number of amides is 1. The van der Waals surface area contributed by atoms with Gasteiger partial charge in [0.1, 0.15) is 0 Å². The van der Waals surface area contributed by atoms with Crippen LogP contribution < -0.4 is 5.32 Å². The number of ether oxygens (including phenoxy) is 1. The summed E-state index contributed by atoms with van der Waals surface area (Å²) in [5.74, 6) is -0.338. The molecule has 0 bridgehead atoms. The lowest BCUT2D eigenvalue weighted by Gasteiger charge is -2.28. The van der Waals surface area contributed by atoms with Crippen molar-refractivity contribution in [2.45, 2.75) is 25.7 Å². The summed E-state index contributed by atoms with van der Waals surface area (Å²) in [5, 5.41) is 3.76. The molecule has 0 saturated carbocycles. The van der Waals surface area contributed by atoms with Crippen LogP contribution in [0.2, 0.25) is 0 Å². The van der Waals surface area contributed by atoms with E-state index in [0.29, 0.717) is 22.5 Å². The van der Waals surface area contributed by atoms with E-state index in [9.17, 15) is 9.18 Å². The number of alkyl halides is 1. The highest BCUT2D eigenvalue weighted by Crippen LogP contribution is 2.33. The van der Waals surface area contributed by atoms with Crippen molar-refractivity contribution in [2.24, 2.45) is 0 Å². The summed E-state index contributed by atoms with van der Waals surface area (Å²) in [7, 11) is 0. The van der Waals surface area contributed by atoms with Crippen LogP contribution in [0.15, 0.2) is 67.0 Å². The van der Waals surface area contributed by atoms with E-state index in [1.54, 1.807) is 12.3 Å². The molecule has 1 aliphatic heterocycles. The predicted octanol–water partition coefficient (Wildman–Crippen LogP) is 4.34. The number of halogens is 1. The average Bonchev–Trinajstić information content (AvgIpc) is 2.82. The molecule has 0 fully saturated rings. The Hall–Kier alpha value is -3.71. The van der Waals surface area contributed by atoms with Gasteiger partial charge in [-0.3, -0.25) is 14.8 Å². The molecule has 0 saturated heterocycles. The van der Waals surface area contributed by atoms with Crippen LogP contribution in [0.5, 0.6) is 0 Å². The van der Waals surface area contributed by atoms with Gasteiger partial charge in [0.15, 0.2) is 5.67 Å². The first-order valence-electron chi connectivity index (χ1n) is 10.3. The molecule has 1 atom stereocenters. The molecular formula is C25H21FN4O2. The molecule has 0 radical (unpaired) electrons. The number of aromatic nitrogens is 3. The van der Waals surface area contributed by atoms with E-state index in [1.807, 2.05) is 48.5 Å². The van der Waals surface area contributed by atoms with Gasteiger partial charge in [0, 0.05) is 28.9 Å². The highest BCUT2D eigenvalue weighted by atomic mass is 19.1. The number of nitrogens with one attached hydrogen (secondary N) is 1. The second-order valence-corrected chi connectivity index (χ2v) is 8.02. The van der Waals surface area contributed by atoms with Crippen LogP contribution in [0.1, 0.15) is 34.2 Å². The van der Waals surface area contributed by atoms with Crippen molar-refractivity contribution in [3.05, 3.63) is 89.5 Å². The summed E-state index contributed by atoms with van der Waals surface area (Å²) in [4.78, 5) is 26.0. The topological polar surface area (TPSA) is 77.0 Å². The lowest BCUT2D eigenvalue weighted by Crippen LogP contribution is -2.31. The minimum atomic E-state index is -1.67. The molecule has 1 aliphatic rings. The molecule has 0 unspecified atom stereocenters. The smallest absolute Gasteiger partial charge is 0.253 e. The summed E-state index contributed by atoms with van der Waals surface area (Å²) >= 11 is 0. The van der Waals surface area contributed by atoms with Gasteiger partial charge in [0.2, 0.25) is 0 Å². The molecule has 0 spiro atoms. The Morgan fingerprint density at radius 1 is 1.12 bits per heavy atom. The second-order valence-electron chi connectivity index (χ2n) is 8.02. The number of nitrogens with zero attached hydrogens (tertiary/aromatic N) is 3. The Balaban J connectivity index is 1.34. The fourth-order valence-electron chi connectivity index (χ4n) is 3.80. The third-order valence-corrected chi connectivity index (χ3v) is 5.54. The third kappa shape index (κ3) is 3.94. The molecule has 1 N–H and O–H groups in total. The van der Waals surface area contributed by atoms with Crippen LogP contribution in [0.4, 0.5) is 4.39 Å². The largest absolute Gasteiger partial charge is 0.371 e. The maximum Gasteiger partial charge on any atom is 0.253 e. The Morgan fingerprint density at radius 3 is 2.81 bits per heavy atom. The number of carbonyl (C=O) groups is 1. The number of rotatable bonds is 4. The minimum Gasteiger partial charge on any atom is -0.371 e. The van der Waals surface area contributed by atoms with E-state index in [1.165, 1.54) is 13.1 Å². The third-order valence-electron chi connectivity index (χ3n) is 5.54. The maximum atomic E-state index is 14.7. The van der Waals surface area contributed by atoms with E-state index in [-0.39, 0.29) is 25.7 Å². The molecule has 1 aromatic carbocycles. The molecule has 7 heteroatoms. The zero-order valence-corrected chi connectivity index (χ0v) is 17.5. The van der Waals surface area contributed by atoms with Gasteiger partial charge in [0.05, 0.1) is 47.9 Å². The van der Waals surface area contributed by atoms with E-state index in [2.05, 4.69) is 15.3 Å². The quantitative estimate of drug-likeness (QED) is 0.523. The predicted molar refractivity (Wildman–Crippen MR) is 118 cm³/mol. The van der Waals surface area contributed by atoms with Crippen molar-refractivity contribution in [1.29, 1.82) is 0 Å². The average molecular weight is 428 g/mol. The Morgan fingerprint density at radius 2 is 1.97 bits per heavy atom. The molecule has 0 aliphatic carbocycles. The number of hydrogen-bond acceptors (Lipinski definition) is 5. The fourth-order valence-corrected chi connectivity index (χ4v) is 3.80. The fraction of sp³-hybridized carbons (Fsp3) is 0.200. The van der Waals surface area contributed by atoms with Gasteiger partial charge in [0.25, 0.3) is 5.91 Å². The normalized spacial score (nSPS) is 17.7. The first-order chi connectivity index (χ1) is 15.5. The summed E-state index contributed by atoms with van der Waals surface area (Å²) in [6.45, 7) is 1.85. The second kappa shape index (κ2) is 8.09. The monoisotopic (exact) mass is 428 g/mol. The summed E-state index contributed by atoms with van der Waals surface area (Å²) in [6.07, 6.45) is 3.19. The van der Waals surface area contributed by atoms with Gasteiger partial charge < -0.3 is 10.1 Å². The highest BCUT2D eigenvalue weighted by molar-refractivity contribution is 5.94. The van der Waals surface area contributed by atoms with E-state index in [4.69, 9.17) is 9.72 Å². The highest BCUT2D eigenvalue weighted by Gasteiger charge is 2.34. The number of carbonyl (C=O) groups excluding carboxylic acids is 1. The molecule has 4 aromatic rings. The van der Waals surface area contributed by atoms with Crippen LogP contribution in [-0.2, 0) is 23.6 Å². The zero-order valence-electron chi connectivity index (χ0n) is 17.5. The molecule has 1 amide bonds. The first-order valence-corrected chi connectivity index (χ1v) is 10.3. The van der Waals surface area contributed by atoms with Crippen molar-refractivity contribution in [1.82, 2.24) is 20.3 Å². The van der Waals surface area contributed by atoms with Crippen LogP contribution in [0.3, 0.4) is 0 Å². The molecule has 6 nitrogen and oxygen atoms in total. The van der Waals surface area contributed by atoms with Crippen molar-refractivity contribution < 1.29 is 13.9 Å². The lowest BCUT2D eigenvalue weighted by molar-refractivity contribution is -0.00692. The summed E-state index contributed by atoms with van der Waals surface area (Å²) in [6, 6.07) is 17.3. The molecular weight excluding hydrogens is 407 g/mol. The van der Waals surface area contributed by atoms with Crippen LogP contribution >= 0.6 is 0 Å². The van der Waals surface area contributed by atoms with Gasteiger partial charge in [-0.05, 0) is 31.2 Å². The van der Waals surface area contributed by atoms with E-state index >= 15 is 0 Å². The standard InChI is InChI=1S/C25H21FN4O2/c1-25(26)15-32-14-23-20(25)9-18(12-28-23)24(31)29-13-19-10-22-17(11-27-19)7-8-21(30-22)16-5-3-2-4-6-16/h2-12H,13-15H2,1H3,(H,29,31)/t25-/m1/s1. The molecule has 4 heterocycles. The molecule has 3 aromatic heterocycles. The van der Waals surface area contributed by atoms with Gasteiger partial charge in [-0.25, -0.2) is 9.37 Å². The Bertz CT molecular complexity index is 1310. The van der Waals surface area contributed by atoms with Gasteiger partial charge in [-0.2, -0.15) is 0 Å². The van der Waals surface area contributed by atoms with Crippen molar-refractivity contribution >= 4 is 16.8 Å². The van der Waals surface area contributed by atoms with Crippen LogP contribution in [-0.4, -0.2) is 27.5 Å². The van der Waals surface area contributed by atoms with Crippen LogP contribution in [0, 0.1) is 0 Å². The van der Waals surface area contributed by atoms with E-state index < -0.39 is 5.67 Å². The lowest BCUT2D eigenvalue weighted by atomic mass is 9.94.